The van der Waals surface area contributed by atoms with Crippen molar-refractivity contribution in [3.8, 4) is 0 Å². The van der Waals surface area contributed by atoms with Crippen molar-refractivity contribution in [2.24, 2.45) is 4.99 Å². The molecule has 0 saturated carbocycles. The Labute approximate surface area is 147 Å². The highest BCUT2D eigenvalue weighted by molar-refractivity contribution is 5.99. The number of aliphatic imine (C=N–C) groups is 1. The van der Waals surface area contributed by atoms with Gasteiger partial charge in [-0.25, -0.2) is 0 Å². The molecule has 1 aromatic carbocycles. The van der Waals surface area contributed by atoms with Crippen LogP contribution in [-0.4, -0.2) is 73.0 Å². The average Bonchev–Trinajstić information content (AvgIpc) is 2.98. The second-order valence-corrected chi connectivity index (χ2v) is 6.41. The molecule has 2 aliphatic heterocycles. The van der Waals surface area contributed by atoms with Crippen LogP contribution in [0.3, 0.4) is 0 Å². The van der Waals surface area contributed by atoms with Gasteiger partial charge in [-0.05, 0) is 12.1 Å². The summed E-state index contributed by atoms with van der Waals surface area (Å²) in [6, 6.07) is 10.5. The topological polar surface area (TPSA) is 65.5 Å². The molecule has 1 atom stereocenters. The van der Waals surface area contributed by atoms with E-state index in [1.807, 2.05) is 6.07 Å². The van der Waals surface area contributed by atoms with Gasteiger partial charge in [0.05, 0.1) is 6.54 Å². The van der Waals surface area contributed by atoms with Crippen LogP contribution in [0.5, 0.6) is 0 Å². The number of hydrogen-bond acceptors (Lipinski definition) is 5. The molecule has 2 saturated heterocycles. The highest BCUT2D eigenvalue weighted by Crippen LogP contribution is 2.18. The number of amides is 2. The first-order valence-electron chi connectivity index (χ1n) is 8.59. The number of anilines is 1. The molecule has 1 unspecified atom stereocenters. The highest BCUT2D eigenvalue weighted by atomic mass is 16.5. The molecule has 0 aromatic heterocycles. The molecule has 7 heteroatoms. The molecule has 0 radical (unpaired) electrons. The standard InChI is InChI=1S/C18H24N4O3/c1-14(23)19-18-22(15(2)24)13-17(25-18)12-20-8-10-21(11-9-20)16-6-4-3-5-7-16/h3-7,17H,8-13H2,1-2H3. The molecule has 0 spiro atoms. The minimum absolute atomic E-state index is 0.132. The second kappa shape index (κ2) is 7.65. The Morgan fingerprint density at radius 2 is 1.80 bits per heavy atom. The van der Waals surface area contributed by atoms with Crippen LogP contribution in [0.4, 0.5) is 5.69 Å². The molecule has 7 nitrogen and oxygen atoms in total. The van der Waals surface area contributed by atoms with Gasteiger partial charge >= 0.3 is 6.02 Å². The van der Waals surface area contributed by atoms with E-state index in [1.165, 1.54) is 24.4 Å². The van der Waals surface area contributed by atoms with Crippen LogP contribution >= 0.6 is 0 Å². The van der Waals surface area contributed by atoms with Gasteiger partial charge in [-0.3, -0.25) is 19.4 Å². The lowest BCUT2D eigenvalue weighted by Crippen LogP contribution is -2.49. The van der Waals surface area contributed by atoms with E-state index in [2.05, 4.69) is 39.1 Å². The van der Waals surface area contributed by atoms with Gasteiger partial charge in [-0.1, -0.05) is 18.2 Å². The van der Waals surface area contributed by atoms with Gasteiger partial charge in [0.2, 0.25) is 11.8 Å². The molecule has 2 fully saturated rings. The van der Waals surface area contributed by atoms with Crippen molar-refractivity contribution >= 4 is 23.5 Å². The summed E-state index contributed by atoms with van der Waals surface area (Å²) >= 11 is 0. The van der Waals surface area contributed by atoms with Crippen LogP contribution in [0, 0.1) is 0 Å². The highest BCUT2D eigenvalue weighted by Gasteiger charge is 2.34. The number of ether oxygens (including phenoxy) is 1. The van der Waals surface area contributed by atoms with E-state index in [1.54, 1.807) is 0 Å². The minimum atomic E-state index is -0.363. The van der Waals surface area contributed by atoms with Crippen molar-refractivity contribution in [1.82, 2.24) is 9.80 Å². The summed E-state index contributed by atoms with van der Waals surface area (Å²) in [5.74, 6) is -0.519. The fourth-order valence-corrected chi connectivity index (χ4v) is 3.23. The quantitative estimate of drug-likeness (QED) is 0.817. The third-order valence-corrected chi connectivity index (χ3v) is 4.48. The molecular weight excluding hydrogens is 320 g/mol. The van der Waals surface area contributed by atoms with Gasteiger partial charge in [-0.15, -0.1) is 0 Å². The Bertz CT molecular complexity index is 654. The molecule has 2 aliphatic rings. The van der Waals surface area contributed by atoms with Crippen molar-refractivity contribution in [3.05, 3.63) is 30.3 Å². The van der Waals surface area contributed by atoms with Crippen molar-refractivity contribution in [2.45, 2.75) is 20.0 Å². The second-order valence-electron chi connectivity index (χ2n) is 6.41. The van der Waals surface area contributed by atoms with Gasteiger partial charge in [-0.2, -0.15) is 4.99 Å². The van der Waals surface area contributed by atoms with Crippen molar-refractivity contribution < 1.29 is 14.3 Å². The number of benzene rings is 1. The Morgan fingerprint density at radius 1 is 1.12 bits per heavy atom. The summed E-state index contributed by atoms with van der Waals surface area (Å²) in [4.78, 5) is 32.9. The fraction of sp³-hybridized carbons (Fsp3) is 0.500. The third kappa shape index (κ3) is 4.36. The fourth-order valence-electron chi connectivity index (χ4n) is 3.23. The monoisotopic (exact) mass is 344 g/mol. The molecule has 134 valence electrons. The van der Waals surface area contributed by atoms with E-state index in [9.17, 15) is 9.59 Å². The predicted octanol–water partition coefficient (Wildman–Crippen LogP) is 0.958. The third-order valence-electron chi connectivity index (χ3n) is 4.48. The van der Waals surface area contributed by atoms with Gasteiger partial charge in [0.25, 0.3) is 0 Å². The number of nitrogens with zero attached hydrogens (tertiary/aromatic N) is 4. The van der Waals surface area contributed by atoms with E-state index in [-0.39, 0.29) is 23.9 Å². The number of para-hydroxylation sites is 1. The molecular formula is C18H24N4O3. The molecule has 25 heavy (non-hydrogen) atoms. The summed E-state index contributed by atoms with van der Waals surface area (Å²) in [5, 5.41) is 0. The number of carbonyl (C=O) groups excluding carboxylic acids is 2. The van der Waals surface area contributed by atoms with Gasteiger partial charge in [0.1, 0.15) is 6.10 Å². The summed E-state index contributed by atoms with van der Waals surface area (Å²) in [6.45, 7) is 7.78. The normalized spacial score (nSPS) is 23.0. The molecule has 2 amide bonds. The SMILES string of the molecule is CC(=O)N=C1OC(CN2CCN(c3ccccc3)CC2)CN1C(C)=O. The number of hydrogen-bond donors (Lipinski definition) is 0. The molecule has 1 aromatic rings. The maximum Gasteiger partial charge on any atom is 0.302 e. The molecule has 0 aliphatic carbocycles. The van der Waals surface area contributed by atoms with Crippen LogP contribution in [0.15, 0.2) is 35.3 Å². The summed E-state index contributed by atoms with van der Waals surface area (Å²) in [7, 11) is 0. The van der Waals surface area contributed by atoms with Crippen LogP contribution in [-0.2, 0) is 14.3 Å². The number of rotatable bonds is 3. The maximum atomic E-state index is 11.7. The predicted molar refractivity (Wildman–Crippen MR) is 95.5 cm³/mol. The van der Waals surface area contributed by atoms with E-state index in [0.717, 1.165) is 32.7 Å². The van der Waals surface area contributed by atoms with Gasteiger partial charge in [0, 0.05) is 52.3 Å². The van der Waals surface area contributed by atoms with E-state index < -0.39 is 0 Å². The number of amidine groups is 1. The summed E-state index contributed by atoms with van der Waals surface area (Å²) in [5.41, 5.74) is 1.25. The lowest BCUT2D eigenvalue weighted by molar-refractivity contribution is -0.124. The Hall–Kier alpha value is -2.41. The minimum Gasteiger partial charge on any atom is -0.458 e. The van der Waals surface area contributed by atoms with E-state index in [0.29, 0.717) is 6.54 Å². The van der Waals surface area contributed by atoms with Crippen LogP contribution in [0.1, 0.15) is 13.8 Å². The molecule has 3 rings (SSSR count). The zero-order valence-electron chi connectivity index (χ0n) is 14.7. The summed E-state index contributed by atoms with van der Waals surface area (Å²) in [6.07, 6.45) is -0.148. The first kappa shape index (κ1) is 17.4. The first-order valence-corrected chi connectivity index (χ1v) is 8.59. The summed E-state index contributed by atoms with van der Waals surface area (Å²) < 4.78 is 5.74. The van der Waals surface area contributed by atoms with Crippen LogP contribution in [0.25, 0.3) is 0 Å². The lowest BCUT2D eigenvalue weighted by atomic mass is 10.2. The van der Waals surface area contributed by atoms with E-state index >= 15 is 0 Å². The van der Waals surface area contributed by atoms with Crippen LogP contribution in [0.2, 0.25) is 0 Å². The van der Waals surface area contributed by atoms with Gasteiger partial charge < -0.3 is 9.64 Å². The first-order chi connectivity index (χ1) is 12.0. The molecule has 0 bridgehead atoms. The zero-order valence-corrected chi connectivity index (χ0v) is 14.7. The maximum absolute atomic E-state index is 11.7. The lowest BCUT2D eigenvalue weighted by Gasteiger charge is -2.36. The van der Waals surface area contributed by atoms with Crippen molar-refractivity contribution in [2.75, 3.05) is 44.2 Å². The van der Waals surface area contributed by atoms with Crippen molar-refractivity contribution in [3.63, 3.8) is 0 Å². The number of piperazine rings is 1. The largest absolute Gasteiger partial charge is 0.458 e. The molecule has 2 heterocycles. The van der Waals surface area contributed by atoms with E-state index in [4.69, 9.17) is 4.74 Å². The smallest absolute Gasteiger partial charge is 0.302 e. The van der Waals surface area contributed by atoms with Gasteiger partial charge in [0.15, 0.2) is 0 Å². The molecule has 0 N–H and O–H groups in total. The van der Waals surface area contributed by atoms with Crippen LogP contribution < -0.4 is 4.90 Å². The Balaban J connectivity index is 1.54. The average molecular weight is 344 g/mol. The van der Waals surface area contributed by atoms with Crippen molar-refractivity contribution in [1.29, 1.82) is 0 Å². The Morgan fingerprint density at radius 3 is 2.40 bits per heavy atom. The number of carbonyl (C=O) groups is 2. The zero-order chi connectivity index (χ0) is 17.8. The Kier molecular flexibility index (Phi) is 5.33.